The predicted octanol–water partition coefficient (Wildman–Crippen LogP) is 3.41. The van der Waals surface area contributed by atoms with Crippen LogP contribution in [0.1, 0.15) is 33.1 Å². The molecule has 0 spiro atoms. The molecule has 0 saturated carbocycles. The van der Waals surface area contributed by atoms with Crippen molar-refractivity contribution in [2.24, 2.45) is 0 Å². The Morgan fingerprint density at radius 2 is 2.22 bits per heavy atom. The smallest absolute Gasteiger partial charge is 0.261 e. The molecule has 1 amide bonds. The van der Waals surface area contributed by atoms with Crippen LogP contribution < -0.4 is 10.1 Å². The molecule has 0 heterocycles. The molecule has 1 aromatic carbocycles. The molecule has 3 nitrogen and oxygen atoms in total. The van der Waals surface area contributed by atoms with Gasteiger partial charge in [-0.05, 0) is 31.0 Å². The first-order chi connectivity index (χ1) is 8.67. The van der Waals surface area contributed by atoms with Gasteiger partial charge in [-0.15, -0.1) is 0 Å². The standard InChI is InChI=1S/C14H20ClNO2/c1-3-5-9-16-14(17)13(4-2)18-12-8-6-7-11(15)10-12/h6-8,10,13H,3-5,9H2,1-2H3,(H,16,17). The molecule has 18 heavy (non-hydrogen) atoms. The molecule has 100 valence electrons. The Hall–Kier alpha value is -1.22. The SMILES string of the molecule is CCCCNC(=O)C(CC)Oc1cccc(Cl)c1. The summed E-state index contributed by atoms with van der Waals surface area (Å²) in [5.41, 5.74) is 0. The van der Waals surface area contributed by atoms with E-state index >= 15 is 0 Å². The molecule has 0 aliphatic rings. The van der Waals surface area contributed by atoms with Gasteiger partial charge in [0, 0.05) is 11.6 Å². The van der Waals surface area contributed by atoms with Crippen molar-refractivity contribution in [3.8, 4) is 5.75 Å². The molecular weight excluding hydrogens is 250 g/mol. The lowest BCUT2D eigenvalue weighted by Gasteiger charge is -2.17. The summed E-state index contributed by atoms with van der Waals surface area (Å²) in [6, 6.07) is 7.09. The van der Waals surface area contributed by atoms with Crippen LogP contribution in [-0.4, -0.2) is 18.6 Å². The first-order valence-corrected chi connectivity index (χ1v) is 6.75. The second-order valence-corrected chi connectivity index (χ2v) is 4.55. The lowest BCUT2D eigenvalue weighted by molar-refractivity contribution is -0.128. The number of amides is 1. The number of unbranched alkanes of at least 4 members (excludes halogenated alkanes) is 1. The van der Waals surface area contributed by atoms with Crippen LogP contribution in [0.4, 0.5) is 0 Å². The van der Waals surface area contributed by atoms with E-state index in [4.69, 9.17) is 16.3 Å². The maximum absolute atomic E-state index is 11.9. The second-order valence-electron chi connectivity index (χ2n) is 4.12. The highest BCUT2D eigenvalue weighted by Gasteiger charge is 2.17. The lowest BCUT2D eigenvalue weighted by atomic mass is 10.2. The van der Waals surface area contributed by atoms with Gasteiger partial charge >= 0.3 is 0 Å². The minimum atomic E-state index is -0.458. The van der Waals surface area contributed by atoms with E-state index in [2.05, 4.69) is 12.2 Å². The third kappa shape index (κ3) is 4.96. The van der Waals surface area contributed by atoms with Crippen LogP contribution in [0.2, 0.25) is 5.02 Å². The summed E-state index contributed by atoms with van der Waals surface area (Å²) >= 11 is 5.87. The van der Waals surface area contributed by atoms with Crippen LogP contribution >= 0.6 is 11.6 Å². The summed E-state index contributed by atoms with van der Waals surface area (Å²) in [7, 11) is 0. The van der Waals surface area contributed by atoms with Crippen LogP contribution in [0.3, 0.4) is 0 Å². The Kier molecular flexibility index (Phi) is 6.58. The number of carbonyl (C=O) groups excluding carboxylic acids is 1. The number of benzene rings is 1. The van der Waals surface area contributed by atoms with E-state index in [1.807, 2.05) is 6.92 Å². The fourth-order valence-corrected chi connectivity index (χ4v) is 1.71. The van der Waals surface area contributed by atoms with Crippen molar-refractivity contribution in [2.75, 3.05) is 6.54 Å². The number of nitrogens with one attached hydrogen (secondary N) is 1. The van der Waals surface area contributed by atoms with Gasteiger partial charge in [-0.1, -0.05) is 37.9 Å². The van der Waals surface area contributed by atoms with E-state index in [1.54, 1.807) is 24.3 Å². The van der Waals surface area contributed by atoms with Gasteiger partial charge in [-0.3, -0.25) is 4.79 Å². The number of ether oxygens (including phenoxy) is 1. The fraction of sp³-hybridized carbons (Fsp3) is 0.500. The van der Waals surface area contributed by atoms with Gasteiger partial charge in [0.25, 0.3) is 5.91 Å². The summed E-state index contributed by atoms with van der Waals surface area (Å²) in [6.07, 6.45) is 2.22. The maximum atomic E-state index is 11.9. The molecule has 1 N–H and O–H groups in total. The van der Waals surface area contributed by atoms with Crippen molar-refractivity contribution in [3.63, 3.8) is 0 Å². The molecule has 1 unspecified atom stereocenters. The molecule has 0 fully saturated rings. The lowest BCUT2D eigenvalue weighted by Crippen LogP contribution is -2.38. The van der Waals surface area contributed by atoms with Crippen molar-refractivity contribution in [2.45, 2.75) is 39.2 Å². The average Bonchev–Trinajstić information content (AvgIpc) is 2.36. The van der Waals surface area contributed by atoms with E-state index in [0.29, 0.717) is 23.7 Å². The molecule has 0 aliphatic heterocycles. The van der Waals surface area contributed by atoms with Crippen molar-refractivity contribution in [1.29, 1.82) is 0 Å². The zero-order valence-electron chi connectivity index (χ0n) is 10.9. The van der Waals surface area contributed by atoms with Gasteiger partial charge in [-0.25, -0.2) is 0 Å². The highest BCUT2D eigenvalue weighted by atomic mass is 35.5. The van der Waals surface area contributed by atoms with E-state index in [-0.39, 0.29) is 5.91 Å². The zero-order valence-corrected chi connectivity index (χ0v) is 11.7. The number of rotatable bonds is 7. The predicted molar refractivity (Wildman–Crippen MR) is 74.1 cm³/mol. The van der Waals surface area contributed by atoms with E-state index < -0.39 is 6.10 Å². The molecule has 0 radical (unpaired) electrons. The van der Waals surface area contributed by atoms with Crippen molar-refractivity contribution >= 4 is 17.5 Å². The Morgan fingerprint density at radius 3 is 2.83 bits per heavy atom. The number of carbonyl (C=O) groups is 1. The van der Waals surface area contributed by atoms with Gasteiger partial charge < -0.3 is 10.1 Å². The summed E-state index contributed by atoms with van der Waals surface area (Å²) in [6.45, 7) is 4.71. The van der Waals surface area contributed by atoms with Crippen LogP contribution in [0.15, 0.2) is 24.3 Å². The molecular formula is C14H20ClNO2. The largest absolute Gasteiger partial charge is 0.481 e. The molecule has 0 saturated heterocycles. The van der Waals surface area contributed by atoms with Crippen LogP contribution in [-0.2, 0) is 4.79 Å². The Morgan fingerprint density at radius 1 is 1.44 bits per heavy atom. The molecule has 0 bridgehead atoms. The molecule has 4 heteroatoms. The summed E-state index contributed by atoms with van der Waals surface area (Å²) < 4.78 is 5.64. The highest BCUT2D eigenvalue weighted by Crippen LogP contribution is 2.19. The monoisotopic (exact) mass is 269 g/mol. The normalized spacial score (nSPS) is 11.9. The summed E-state index contributed by atoms with van der Waals surface area (Å²) in [5.74, 6) is 0.561. The third-order valence-electron chi connectivity index (χ3n) is 2.57. The van der Waals surface area contributed by atoms with Gasteiger partial charge in [0.05, 0.1) is 0 Å². The fourth-order valence-electron chi connectivity index (χ4n) is 1.53. The van der Waals surface area contributed by atoms with E-state index in [1.165, 1.54) is 0 Å². The Bertz CT molecular complexity index is 382. The van der Waals surface area contributed by atoms with Gasteiger partial charge in [0.2, 0.25) is 0 Å². The maximum Gasteiger partial charge on any atom is 0.261 e. The first-order valence-electron chi connectivity index (χ1n) is 6.37. The number of hydrogen-bond acceptors (Lipinski definition) is 2. The third-order valence-corrected chi connectivity index (χ3v) is 2.80. The molecule has 0 aromatic heterocycles. The first kappa shape index (κ1) is 14.8. The molecule has 0 aliphatic carbocycles. The quantitative estimate of drug-likeness (QED) is 0.771. The Labute approximate surface area is 113 Å². The van der Waals surface area contributed by atoms with Gasteiger partial charge in [0.15, 0.2) is 6.10 Å². The van der Waals surface area contributed by atoms with Crippen molar-refractivity contribution < 1.29 is 9.53 Å². The van der Waals surface area contributed by atoms with Gasteiger partial charge in [0.1, 0.15) is 5.75 Å². The minimum absolute atomic E-state index is 0.0640. The molecule has 1 atom stereocenters. The molecule has 1 aromatic rings. The topological polar surface area (TPSA) is 38.3 Å². The average molecular weight is 270 g/mol. The van der Waals surface area contributed by atoms with Crippen molar-refractivity contribution in [3.05, 3.63) is 29.3 Å². The highest BCUT2D eigenvalue weighted by molar-refractivity contribution is 6.30. The van der Waals surface area contributed by atoms with Crippen LogP contribution in [0.5, 0.6) is 5.75 Å². The van der Waals surface area contributed by atoms with Crippen LogP contribution in [0.25, 0.3) is 0 Å². The van der Waals surface area contributed by atoms with E-state index in [0.717, 1.165) is 12.8 Å². The summed E-state index contributed by atoms with van der Waals surface area (Å²) in [4.78, 5) is 11.9. The summed E-state index contributed by atoms with van der Waals surface area (Å²) in [5, 5.41) is 3.48. The van der Waals surface area contributed by atoms with Crippen LogP contribution in [0, 0.1) is 0 Å². The number of hydrogen-bond donors (Lipinski definition) is 1. The van der Waals surface area contributed by atoms with E-state index in [9.17, 15) is 4.79 Å². The minimum Gasteiger partial charge on any atom is -0.481 e. The zero-order chi connectivity index (χ0) is 13.4. The Balaban J connectivity index is 2.53. The number of halogens is 1. The molecule has 1 rings (SSSR count). The van der Waals surface area contributed by atoms with Gasteiger partial charge in [-0.2, -0.15) is 0 Å². The van der Waals surface area contributed by atoms with Crippen molar-refractivity contribution in [1.82, 2.24) is 5.32 Å². The second kappa shape index (κ2) is 7.98.